The van der Waals surface area contributed by atoms with Gasteiger partial charge in [0, 0.05) is 11.6 Å². The van der Waals surface area contributed by atoms with Crippen molar-refractivity contribution >= 4 is 23.2 Å². The summed E-state index contributed by atoms with van der Waals surface area (Å²) >= 11 is 5.44. The molecule has 4 nitrogen and oxygen atoms in total. The number of hydrogen-bond donors (Lipinski definition) is 2. The van der Waals surface area contributed by atoms with E-state index in [1.165, 1.54) is 32.1 Å². The molecule has 1 aromatic rings. The van der Waals surface area contributed by atoms with E-state index >= 15 is 0 Å². The van der Waals surface area contributed by atoms with Crippen molar-refractivity contribution in [2.75, 3.05) is 6.61 Å². The monoisotopic (exact) mass is 358 g/mol. The molecule has 0 radical (unpaired) electrons. The highest BCUT2D eigenvalue weighted by molar-refractivity contribution is 7.80. The zero-order valence-corrected chi connectivity index (χ0v) is 15.5. The van der Waals surface area contributed by atoms with Crippen LogP contribution in [0.15, 0.2) is 24.3 Å². The van der Waals surface area contributed by atoms with Crippen LogP contribution in [0.25, 0.3) is 0 Å². The van der Waals surface area contributed by atoms with Crippen LogP contribution in [0, 0.1) is 23.7 Å². The maximum atomic E-state index is 12.5. The Balaban J connectivity index is 1.36. The van der Waals surface area contributed by atoms with Gasteiger partial charge in [0.05, 0.1) is 6.61 Å². The molecule has 25 heavy (non-hydrogen) atoms. The van der Waals surface area contributed by atoms with E-state index in [0.717, 1.165) is 23.7 Å². The van der Waals surface area contributed by atoms with E-state index < -0.39 is 0 Å². The molecule has 0 atom stereocenters. The molecule has 0 unspecified atom stereocenters. The summed E-state index contributed by atoms with van der Waals surface area (Å²) in [6.45, 7) is 2.51. The number of benzene rings is 1. The minimum atomic E-state index is -0.178. The fraction of sp³-hybridized carbons (Fsp3) is 0.600. The van der Waals surface area contributed by atoms with Crippen LogP contribution in [0.3, 0.4) is 0 Å². The van der Waals surface area contributed by atoms with Gasteiger partial charge in [-0.2, -0.15) is 0 Å². The molecule has 1 amide bonds. The Bertz CT molecular complexity index is 647. The lowest BCUT2D eigenvalue weighted by molar-refractivity contribution is -0.00692. The highest BCUT2D eigenvalue weighted by atomic mass is 32.1. The Hall–Kier alpha value is -1.62. The number of ether oxygens (including phenoxy) is 1. The second-order valence-corrected chi connectivity index (χ2v) is 8.25. The Kier molecular flexibility index (Phi) is 4.67. The molecular formula is C20H26N2O2S. The zero-order valence-electron chi connectivity index (χ0n) is 14.7. The summed E-state index contributed by atoms with van der Waals surface area (Å²) in [5, 5.41) is 6.78. The van der Waals surface area contributed by atoms with Crippen molar-refractivity contribution in [1.82, 2.24) is 10.6 Å². The molecular weight excluding hydrogens is 332 g/mol. The molecule has 4 aliphatic rings. The van der Waals surface area contributed by atoms with Gasteiger partial charge in [0.15, 0.2) is 5.11 Å². The van der Waals surface area contributed by atoms with Crippen molar-refractivity contribution in [1.29, 1.82) is 0 Å². The number of thiocarbonyl (C=S) groups is 1. The summed E-state index contributed by atoms with van der Waals surface area (Å²) in [6, 6.07) is 7.66. The highest BCUT2D eigenvalue weighted by Gasteiger charge is 2.48. The van der Waals surface area contributed by atoms with Gasteiger partial charge >= 0.3 is 0 Å². The lowest BCUT2D eigenvalue weighted by Gasteiger charge is -2.54. The predicted molar refractivity (Wildman–Crippen MR) is 102 cm³/mol. The predicted octanol–water partition coefficient (Wildman–Crippen LogP) is 3.51. The summed E-state index contributed by atoms with van der Waals surface area (Å²) in [6.07, 6.45) is 6.77. The van der Waals surface area contributed by atoms with Gasteiger partial charge in [0.1, 0.15) is 5.75 Å². The fourth-order valence-corrected chi connectivity index (χ4v) is 5.65. The third-order valence-corrected chi connectivity index (χ3v) is 6.38. The molecule has 0 heterocycles. The lowest BCUT2D eigenvalue weighted by Crippen LogP contribution is -2.57. The first-order valence-corrected chi connectivity index (χ1v) is 9.88. The van der Waals surface area contributed by atoms with E-state index in [1.807, 2.05) is 19.1 Å². The molecule has 134 valence electrons. The Morgan fingerprint density at radius 1 is 1.16 bits per heavy atom. The molecule has 4 fully saturated rings. The van der Waals surface area contributed by atoms with E-state index in [1.54, 1.807) is 12.1 Å². The van der Waals surface area contributed by atoms with Crippen LogP contribution in [-0.2, 0) is 0 Å². The molecule has 2 N–H and O–H groups in total. The third kappa shape index (κ3) is 3.52. The second-order valence-electron chi connectivity index (χ2n) is 7.84. The van der Waals surface area contributed by atoms with Crippen molar-refractivity contribution in [3.63, 3.8) is 0 Å². The number of nitrogens with one attached hydrogen (secondary N) is 2. The van der Waals surface area contributed by atoms with E-state index in [9.17, 15) is 4.79 Å². The maximum absolute atomic E-state index is 12.5. The molecule has 0 saturated heterocycles. The van der Waals surface area contributed by atoms with Gasteiger partial charge in [-0.15, -0.1) is 0 Å². The normalized spacial score (nSPS) is 32.3. The van der Waals surface area contributed by atoms with Crippen LogP contribution in [0.1, 0.15) is 49.4 Å². The molecule has 4 aliphatic carbocycles. The van der Waals surface area contributed by atoms with Gasteiger partial charge in [0.25, 0.3) is 5.91 Å². The average Bonchev–Trinajstić information content (AvgIpc) is 2.58. The van der Waals surface area contributed by atoms with Crippen molar-refractivity contribution in [3.8, 4) is 5.75 Å². The van der Waals surface area contributed by atoms with Crippen LogP contribution in [0.5, 0.6) is 5.75 Å². The number of carbonyl (C=O) groups is 1. The van der Waals surface area contributed by atoms with Crippen LogP contribution < -0.4 is 15.4 Å². The van der Waals surface area contributed by atoms with E-state index in [0.29, 0.717) is 29.1 Å². The second kappa shape index (κ2) is 6.94. The largest absolute Gasteiger partial charge is 0.494 e. The van der Waals surface area contributed by atoms with Gasteiger partial charge in [-0.1, -0.05) is 6.07 Å². The van der Waals surface area contributed by atoms with Crippen LogP contribution >= 0.6 is 12.2 Å². The van der Waals surface area contributed by atoms with Gasteiger partial charge in [0.2, 0.25) is 0 Å². The molecule has 5 heteroatoms. The molecule has 0 spiro atoms. The summed E-state index contributed by atoms with van der Waals surface area (Å²) in [5.41, 5.74) is 0.570. The quantitative estimate of drug-likeness (QED) is 0.809. The van der Waals surface area contributed by atoms with Crippen LogP contribution in [0.4, 0.5) is 0 Å². The van der Waals surface area contributed by atoms with E-state index in [-0.39, 0.29) is 5.91 Å². The molecule has 5 rings (SSSR count). The molecule has 1 aromatic carbocycles. The zero-order chi connectivity index (χ0) is 17.4. The first-order chi connectivity index (χ1) is 12.1. The number of carbonyl (C=O) groups excluding carboxylic acids is 1. The maximum Gasteiger partial charge on any atom is 0.257 e. The van der Waals surface area contributed by atoms with Crippen molar-refractivity contribution in [2.45, 2.75) is 45.1 Å². The summed E-state index contributed by atoms with van der Waals surface area (Å²) in [4.78, 5) is 12.5. The minimum Gasteiger partial charge on any atom is -0.494 e. The van der Waals surface area contributed by atoms with E-state index in [2.05, 4.69) is 10.6 Å². The van der Waals surface area contributed by atoms with Crippen LogP contribution in [0.2, 0.25) is 0 Å². The topological polar surface area (TPSA) is 50.4 Å². The first-order valence-electron chi connectivity index (χ1n) is 9.47. The van der Waals surface area contributed by atoms with Crippen molar-refractivity contribution in [3.05, 3.63) is 29.8 Å². The SMILES string of the molecule is CCOc1cccc(C(=O)NC(=S)NC2C3CC4CC(C3)CC2C4)c1. The Labute approximate surface area is 154 Å². The van der Waals surface area contributed by atoms with E-state index in [4.69, 9.17) is 17.0 Å². The summed E-state index contributed by atoms with van der Waals surface area (Å²) in [7, 11) is 0. The van der Waals surface area contributed by atoms with Gasteiger partial charge < -0.3 is 10.1 Å². The highest BCUT2D eigenvalue weighted by Crippen LogP contribution is 2.53. The smallest absolute Gasteiger partial charge is 0.257 e. The van der Waals surface area contributed by atoms with Gasteiger partial charge in [-0.25, -0.2) is 0 Å². The van der Waals surface area contributed by atoms with Gasteiger partial charge in [-0.3, -0.25) is 10.1 Å². The Morgan fingerprint density at radius 3 is 2.48 bits per heavy atom. The van der Waals surface area contributed by atoms with Gasteiger partial charge in [-0.05, 0) is 93.1 Å². The third-order valence-electron chi connectivity index (χ3n) is 6.16. The molecule has 0 aromatic heterocycles. The summed E-state index contributed by atoms with van der Waals surface area (Å²) < 4.78 is 5.46. The number of rotatable bonds is 4. The minimum absolute atomic E-state index is 0.178. The molecule has 4 bridgehead atoms. The molecule has 0 aliphatic heterocycles. The lowest BCUT2D eigenvalue weighted by atomic mass is 9.54. The molecule has 4 saturated carbocycles. The van der Waals surface area contributed by atoms with Crippen molar-refractivity contribution in [2.24, 2.45) is 23.7 Å². The first kappa shape index (κ1) is 16.8. The Morgan fingerprint density at radius 2 is 1.84 bits per heavy atom. The number of amides is 1. The average molecular weight is 359 g/mol. The standard InChI is InChI=1S/C20H26N2O2S/c1-2-24-17-5-3-4-14(11-17)19(23)22-20(25)21-18-15-7-12-6-13(9-15)10-16(18)8-12/h3-5,11-13,15-16,18H,2,6-10H2,1H3,(H2,21,22,23,25). The van der Waals surface area contributed by atoms with Crippen molar-refractivity contribution < 1.29 is 9.53 Å². The fourth-order valence-electron chi connectivity index (χ4n) is 5.42. The number of hydrogen-bond acceptors (Lipinski definition) is 3. The van der Waals surface area contributed by atoms with Crippen LogP contribution in [-0.4, -0.2) is 23.7 Å². The summed E-state index contributed by atoms with van der Waals surface area (Å²) in [5.74, 6) is 3.85.